The van der Waals surface area contributed by atoms with Gasteiger partial charge in [0.05, 0.1) is 0 Å². The third-order valence-corrected chi connectivity index (χ3v) is 3.11. The molecule has 0 unspecified atom stereocenters. The van der Waals surface area contributed by atoms with Gasteiger partial charge in [0.1, 0.15) is 5.75 Å². The largest absolute Gasteiger partial charge is 0.427 e. The first-order chi connectivity index (χ1) is 10.1. The third-order valence-electron chi connectivity index (χ3n) is 3.11. The van der Waals surface area contributed by atoms with E-state index in [-0.39, 0.29) is 5.78 Å². The van der Waals surface area contributed by atoms with Crippen molar-refractivity contribution in [2.45, 2.75) is 26.7 Å². The Hall–Kier alpha value is -2.42. The van der Waals surface area contributed by atoms with Crippen LogP contribution >= 0.6 is 0 Å². The summed E-state index contributed by atoms with van der Waals surface area (Å²) in [4.78, 5) is 23.4. The standard InChI is InChI=1S/C18H18O3/c1-3-5-14-8-10-15(11-9-14)18(20)16-6-4-7-17(12-16)21-13(2)19/h4,6-12H,3,5H2,1-2H3. The Balaban J connectivity index is 2.21. The van der Waals surface area contributed by atoms with E-state index < -0.39 is 5.97 Å². The predicted octanol–water partition coefficient (Wildman–Crippen LogP) is 3.80. The zero-order valence-corrected chi connectivity index (χ0v) is 12.3. The van der Waals surface area contributed by atoms with Gasteiger partial charge in [-0.3, -0.25) is 9.59 Å². The van der Waals surface area contributed by atoms with Crippen LogP contribution in [0.25, 0.3) is 0 Å². The lowest BCUT2D eigenvalue weighted by atomic mass is 10.0. The Labute approximate surface area is 124 Å². The van der Waals surface area contributed by atoms with E-state index in [0.717, 1.165) is 12.8 Å². The van der Waals surface area contributed by atoms with Crippen LogP contribution < -0.4 is 4.74 Å². The van der Waals surface area contributed by atoms with Gasteiger partial charge < -0.3 is 4.74 Å². The number of aryl methyl sites for hydroxylation is 1. The predicted molar refractivity (Wildman–Crippen MR) is 81.6 cm³/mol. The van der Waals surface area contributed by atoms with Gasteiger partial charge in [0.15, 0.2) is 5.78 Å². The molecule has 0 fully saturated rings. The maximum Gasteiger partial charge on any atom is 0.308 e. The highest BCUT2D eigenvalue weighted by Crippen LogP contribution is 2.17. The molecule has 0 aromatic heterocycles. The lowest BCUT2D eigenvalue weighted by molar-refractivity contribution is -0.131. The van der Waals surface area contributed by atoms with Gasteiger partial charge in [-0.05, 0) is 24.1 Å². The van der Waals surface area contributed by atoms with E-state index in [4.69, 9.17) is 4.74 Å². The van der Waals surface area contributed by atoms with Crippen LogP contribution in [0.1, 0.15) is 41.8 Å². The van der Waals surface area contributed by atoms with Crippen molar-refractivity contribution < 1.29 is 14.3 Å². The van der Waals surface area contributed by atoms with Crippen LogP contribution in [0.2, 0.25) is 0 Å². The number of hydrogen-bond acceptors (Lipinski definition) is 3. The smallest absolute Gasteiger partial charge is 0.308 e. The molecule has 0 saturated carbocycles. The molecule has 0 aliphatic carbocycles. The molecule has 2 rings (SSSR count). The summed E-state index contributed by atoms with van der Waals surface area (Å²) in [6, 6.07) is 14.3. The number of benzene rings is 2. The van der Waals surface area contributed by atoms with E-state index in [2.05, 4.69) is 6.92 Å². The summed E-state index contributed by atoms with van der Waals surface area (Å²) in [6.07, 6.45) is 2.09. The summed E-state index contributed by atoms with van der Waals surface area (Å²) in [5, 5.41) is 0. The number of carbonyl (C=O) groups excluding carboxylic acids is 2. The van der Waals surface area contributed by atoms with Gasteiger partial charge in [0.25, 0.3) is 0 Å². The molecule has 0 saturated heterocycles. The van der Waals surface area contributed by atoms with Gasteiger partial charge in [0, 0.05) is 18.1 Å². The Kier molecular flexibility index (Phi) is 4.88. The molecule has 0 aliphatic heterocycles. The molecule has 0 bridgehead atoms. The highest BCUT2D eigenvalue weighted by Gasteiger charge is 2.10. The second-order valence-electron chi connectivity index (χ2n) is 4.90. The topological polar surface area (TPSA) is 43.4 Å². The van der Waals surface area contributed by atoms with E-state index in [1.807, 2.05) is 24.3 Å². The monoisotopic (exact) mass is 282 g/mol. The molecule has 0 atom stereocenters. The molecule has 0 spiro atoms. The van der Waals surface area contributed by atoms with Gasteiger partial charge in [-0.25, -0.2) is 0 Å². The first kappa shape index (κ1) is 15.0. The van der Waals surface area contributed by atoms with Crippen LogP contribution in [0.5, 0.6) is 5.75 Å². The highest BCUT2D eigenvalue weighted by atomic mass is 16.5. The Morgan fingerprint density at radius 1 is 1.00 bits per heavy atom. The second kappa shape index (κ2) is 6.84. The molecule has 21 heavy (non-hydrogen) atoms. The Bertz CT molecular complexity index is 642. The number of hydrogen-bond donors (Lipinski definition) is 0. The fourth-order valence-corrected chi connectivity index (χ4v) is 2.14. The minimum Gasteiger partial charge on any atom is -0.427 e. The van der Waals surface area contributed by atoms with Gasteiger partial charge in [0.2, 0.25) is 0 Å². The summed E-state index contributed by atoms with van der Waals surface area (Å²) in [6.45, 7) is 3.46. The number of ketones is 1. The number of carbonyl (C=O) groups is 2. The quantitative estimate of drug-likeness (QED) is 0.476. The van der Waals surface area contributed by atoms with Gasteiger partial charge in [-0.1, -0.05) is 49.7 Å². The van der Waals surface area contributed by atoms with Crippen molar-refractivity contribution in [3.05, 3.63) is 65.2 Å². The molecule has 3 heteroatoms. The van der Waals surface area contributed by atoms with E-state index in [1.165, 1.54) is 12.5 Å². The molecule has 3 nitrogen and oxygen atoms in total. The van der Waals surface area contributed by atoms with E-state index in [0.29, 0.717) is 16.9 Å². The Morgan fingerprint density at radius 2 is 1.71 bits per heavy atom. The van der Waals surface area contributed by atoms with Crippen LogP contribution in [-0.4, -0.2) is 11.8 Å². The van der Waals surface area contributed by atoms with Crippen molar-refractivity contribution in [2.75, 3.05) is 0 Å². The van der Waals surface area contributed by atoms with E-state index in [9.17, 15) is 9.59 Å². The van der Waals surface area contributed by atoms with Gasteiger partial charge in [-0.2, -0.15) is 0 Å². The molecule has 0 heterocycles. The van der Waals surface area contributed by atoms with Gasteiger partial charge in [-0.15, -0.1) is 0 Å². The van der Waals surface area contributed by atoms with Crippen LogP contribution in [0.15, 0.2) is 48.5 Å². The molecule has 0 amide bonds. The highest BCUT2D eigenvalue weighted by molar-refractivity contribution is 6.09. The summed E-state index contributed by atoms with van der Waals surface area (Å²) >= 11 is 0. The fourth-order valence-electron chi connectivity index (χ4n) is 2.14. The zero-order valence-electron chi connectivity index (χ0n) is 12.3. The average molecular weight is 282 g/mol. The normalized spacial score (nSPS) is 10.2. The Morgan fingerprint density at radius 3 is 2.33 bits per heavy atom. The van der Waals surface area contributed by atoms with Crippen molar-refractivity contribution in [1.82, 2.24) is 0 Å². The van der Waals surface area contributed by atoms with Crippen molar-refractivity contribution in [2.24, 2.45) is 0 Å². The minimum absolute atomic E-state index is 0.0768. The summed E-state index contributed by atoms with van der Waals surface area (Å²) in [5.74, 6) is -0.0912. The first-order valence-electron chi connectivity index (χ1n) is 7.02. The maximum absolute atomic E-state index is 12.4. The summed E-state index contributed by atoms with van der Waals surface area (Å²) < 4.78 is 5.00. The molecule has 0 N–H and O–H groups in total. The SMILES string of the molecule is CCCc1ccc(C(=O)c2cccc(OC(C)=O)c2)cc1. The molecule has 2 aromatic rings. The molecular formula is C18H18O3. The number of esters is 1. The molecule has 108 valence electrons. The third kappa shape index (κ3) is 4.02. The van der Waals surface area contributed by atoms with Crippen molar-refractivity contribution in [3.8, 4) is 5.75 Å². The van der Waals surface area contributed by atoms with Crippen LogP contribution in [0, 0.1) is 0 Å². The van der Waals surface area contributed by atoms with Crippen molar-refractivity contribution >= 4 is 11.8 Å². The number of ether oxygens (including phenoxy) is 1. The second-order valence-corrected chi connectivity index (χ2v) is 4.90. The van der Waals surface area contributed by atoms with Crippen molar-refractivity contribution in [3.63, 3.8) is 0 Å². The minimum atomic E-state index is -0.400. The summed E-state index contributed by atoms with van der Waals surface area (Å²) in [7, 11) is 0. The van der Waals surface area contributed by atoms with E-state index >= 15 is 0 Å². The first-order valence-corrected chi connectivity index (χ1v) is 7.02. The van der Waals surface area contributed by atoms with Gasteiger partial charge >= 0.3 is 5.97 Å². The summed E-state index contributed by atoms with van der Waals surface area (Å²) in [5.41, 5.74) is 2.37. The molecular weight excluding hydrogens is 264 g/mol. The lowest BCUT2D eigenvalue weighted by Crippen LogP contribution is -2.04. The lowest BCUT2D eigenvalue weighted by Gasteiger charge is -2.05. The van der Waals surface area contributed by atoms with E-state index in [1.54, 1.807) is 24.3 Å². The molecule has 2 aromatic carbocycles. The molecule has 0 aliphatic rings. The van der Waals surface area contributed by atoms with Crippen LogP contribution in [0.4, 0.5) is 0 Å². The number of rotatable bonds is 5. The maximum atomic E-state index is 12.4. The van der Waals surface area contributed by atoms with Crippen LogP contribution in [0.3, 0.4) is 0 Å². The zero-order chi connectivity index (χ0) is 15.2. The van der Waals surface area contributed by atoms with Crippen molar-refractivity contribution in [1.29, 1.82) is 0 Å². The molecule has 0 radical (unpaired) electrons. The van der Waals surface area contributed by atoms with Crippen LogP contribution in [-0.2, 0) is 11.2 Å². The average Bonchev–Trinajstić information content (AvgIpc) is 2.47. The fraction of sp³-hybridized carbons (Fsp3) is 0.222.